The van der Waals surface area contributed by atoms with Gasteiger partial charge in [0.15, 0.2) is 0 Å². The third-order valence-electron chi connectivity index (χ3n) is 1.84. The summed E-state index contributed by atoms with van der Waals surface area (Å²) in [4.78, 5) is 12.7. The van der Waals surface area contributed by atoms with Crippen LogP contribution in [-0.4, -0.2) is 21.1 Å². The molecule has 7 nitrogen and oxygen atoms in total. The lowest BCUT2D eigenvalue weighted by Crippen LogP contribution is -2.41. The molecule has 0 saturated carbocycles. The summed E-state index contributed by atoms with van der Waals surface area (Å²) in [5.74, 6) is 0. The van der Waals surface area contributed by atoms with Crippen molar-refractivity contribution < 1.29 is 17.9 Å². The molecule has 0 bridgehead atoms. The molecule has 0 aliphatic heterocycles. The van der Waals surface area contributed by atoms with Crippen molar-refractivity contribution in [1.82, 2.24) is 10.3 Å². The van der Waals surface area contributed by atoms with Crippen LogP contribution < -0.4 is 10.3 Å². The highest BCUT2D eigenvalue weighted by molar-refractivity contribution is 7.89. The van der Waals surface area contributed by atoms with Crippen molar-refractivity contribution in [2.75, 3.05) is 6.61 Å². The number of nitrogens with one attached hydrogen (secondary N) is 2. The predicted octanol–water partition coefficient (Wildman–Crippen LogP) is 0.498. The first-order valence-electron chi connectivity index (χ1n) is 4.94. The molecular weight excluding hydrogens is 258 g/mol. The molecule has 96 valence electrons. The molecule has 0 heterocycles. The number of benzene rings is 1. The average Bonchev–Trinajstić information content (AvgIpc) is 2.37. The van der Waals surface area contributed by atoms with Crippen LogP contribution in [-0.2, 0) is 14.8 Å². The standard InChI is InChI=1S/C10H11N3O4S/c1-2-17-10(14)12-13-18(15,16)9-5-3-4-8(6-9)7-11/h3-6,13H,2H2,1H3,(H,12,14). The smallest absolute Gasteiger partial charge is 0.422 e. The first-order valence-corrected chi connectivity index (χ1v) is 6.42. The summed E-state index contributed by atoms with van der Waals surface area (Å²) in [6.45, 7) is 1.71. The maximum Gasteiger partial charge on any atom is 0.422 e. The largest absolute Gasteiger partial charge is 0.449 e. The van der Waals surface area contributed by atoms with Crippen molar-refractivity contribution in [3.8, 4) is 6.07 Å². The summed E-state index contributed by atoms with van der Waals surface area (Å²) in [7, 11) is -3.92. The van der Waals surface area contributed by atoms with Gasteiger partial charge in [0, 0.05) is 0 Å². The molecule has 1 rings (SSSR count). The molecule has 18 heavy (non-hydrogen) atoms. The van der Waals surface area contributed by atoms with Gasteiger partial charge < -0.3 is 4.74 Å². The van der Waals surface area contributed by atoms with Gasteiger partial charge in [-0.1, -0.05) is 6.07 Å². The summed E-state index contributed by atoms with van der Waals surface area (Å²) >= 11 is 0. The van der Waals surface area contributed by atoms with E-state index in [0.29, 0.717) is 0 Å². The molecule has 8 heteroatoms. The van der Waals surface area contributed by atoms with E-state index in [0.717, 1.165) is 0 Å². The fraction of sp³-hybridized carbons (Fsp3) is 0.200. The van der Waals surface area contributed by atoms with E-state index in [9.17, 15) is 13.2 Å². The number of hydrazine groups is 1. The molecule has 0 spiro atoms. The minimum absolute atomic E-state index is 0.122. The summed E-state index contributed by atoms with van der Waals surface area (Å²) in [6.07, 6.45) is -0.905. The third-order valence-corrected chi connectivity index (χ3v) is 3.08. The lowest BCUT2D eigenvalue weighted by atomic mass is 10.2. The molecule has 0 radical (unpaired) electrons. The molecule has 1 aromatic rings. The van der Waals surface area contributed by atoms with E-state index >= 15 is 0 Å². The highest BCUT2D eigenvalue weighted by atomic mass is 32.2. The van der Waals surface area contributed by atoms with Gasteiger partial charge in [-0.25, -0.2) is 18.6 Å². The molecule has 2 N–H and O–H groups in total. The lowest BCUT2D eigenvalue weighted by molar-refractivity contribution is 0.150. The SMILES string of the molecule is CCOC(=O)NNS(=O)(=O)c1cccc(C#N)c1. The minimum atomic E-state index is -3.92. The van der Waals surface area contributed by atoms with Crippen LogP contribution in [0.3, 0.4) is 0 Å². The Morgan fingerprint density at radius 2 is 2.22 bits per heavy atom. The van der Waals surface area contributed by atoms with Crippen LogP contribution in [0.2, 0.25) is 0 Å². The maximum atomic E-state index is 11.7. The number of nitrogens with zero attached hydrogens (tertiary/aromatic N) is 1. The first kappa shape index (κ1) is 14.0. The Bertz CT molecular complexity index is 577. The number of ether oxygens (including phenoxy) is 1. The molecular formula is C10H11N3O4S. The Hall–Kier alpha value is -2.11. The van der Waals surface area contributed by atoms with Crippen LogP contribution in [0.1, 0.15) is 12.5 Å². The number of sulfonamides is 1. The Kier molecular flexibility index (Phi) is 4.65. The van der Waals surface area contributed by atoms with Crippen LogP contribution in [0, 0.1) is 11.3 Å². The van der Waals surface area contributed by atoms with Gasteiger partial charge in [-0.05, 0) is 25.1 Å². The number of amides is 1. The van der Waals surface area contributed by atoms with E-state index in [1.807, 2.05) is 16.3 Å². The number of carbonyl (C=O) groups is 1. The summed E-state index contributed by atoms with van der Waals surface area (Å²) < 4.78 is 27.9. The Morgan fingerprint density at radius 3 is 2.83 bits per heavy atom. The van der Waals surface area contributed by atoms with Gasteiger partial charge in [0.2, 0.25) is 0 Å². The fourth-order valence-corrected chi connectivity index (χ4v) is 1.94. The molecule has 0 atom stereocenters. The second-order valence-electron chi connectivity index (χ2n) is 3.09. The van der Waals surface area contributed by atoms with Crippen LogP contribution in [0.5, 0.6) is 0 Å². The summed E-state index contributed by atoms with van der Waals surface area (Å²) in [5.41, 5.74) is 2.08. The normalized spacial score (nSPS) is 10.4. The highest BCUT2D eigenvalue weighted by Gasteiger charge is 2.15. The zero-order chi connectivity index (χ0) is 13.6. The number of nitriles is 1. The topological polar surface area (TPSA) is 108 Å². The quantitative estimate of drug-likeness (QED) is 0.773. The van der Waals surface area contributed by atoms with Gasteiger partial charge in [0.1, 0.15) is 0 Å². The molecule has 0 saturated heterocycles. The minimum Gasteiger partial charge on any atom is -0.449 e. The first-order chi connectivity index (χ1) is 8.49. The van der Waals surface area contributed by atoms with Crippen LogP contribution in [0.25, 0.3) is 0 Å². The third kappa shape index (κ3) is 3.73. The number of hydrogen-bond donors (Lipinski definition) is 2. The Labute approximate surface area is 104 Å². The van der Waals surface area contributed by atoms with Gasteiger partial charge in [-0.3, -0.25) is 0 Å². The van der Waals surface area contributed by atoms with Crippen LogP contribution in [0.15, 0.2) is 29.2 Å². The van der Waals surface area contributed by atoms with Crippen molar-refractivity contribution in [2.24, 2.45) is 0 Å². The van der Waals surface area contributed by atoms with E-state index in [1.165, 1.54) is 24.3 Å². The molecule has 0 aromatic heterocycles. The monoisotopic (exact) mass is 269 g/mol. The molecule has 1 amide bonds. The van der Waals surface area contributed by atoms with Gasteiger partial charge >= 0.3 is 6.09 Å². The number of hydrogen-bond acceptors (Lipinski definition) is 5. The van der Waals surface area contributed by atoms with Gasteiger partial charge in [-0.2, -0.15) is 5.26 Å². The van der Waals surface area contributed by atoms with E-state index in [1.54, 1.807) is 6.92 Å². The van der Waals surface area contributed by atoms with E-state index in [2.05, 4.69) is 4.74 Å². The molecule has 1 aromatic carbocycles. The van der Waals surface area contributed by atoms with Gasteiger partial charge in [0.05, 0.1) is 23.1 Å². The molecule has 0 aliphatic carbocycles. The zero-order valence-corrected chi connectivity index (χ0v) is 10.3. The van der Waals surface area contributed by atoms with Gasteiger partial charge in [-0.15, -0.1) is 4.83 Å². The van der Waals surface area contributed by atoms with Crippen molar-refractivity contribution in [3.63, 3.8) is 0 Å². The number of carbonyl (C=O) groups excluding carboxylic acids is 1. The van der Waals surface area contributed by atoms with E-state index in [-0.39, 0.29) is 17.1 Å². The Morgan fingerprint density at radius 1 is 1.50 bits per heavy atom. The second kappa shape index (κ2) is 6.00. The van der Waals surface area contributed by atoms with E-state index < -0.39 is 16.1 Å². The van der Waals surface area contributed by atoms with Crippen molar-refractivity contribution in [1.29, 1.82) is 5.26 Å². The fourth-order valence-electron chi connectivity index (χ4n) is 1.07. The predicted molar refractivity (Wildman–Crippen MR) is 61.6 cm³/mol. The molecule has 0 aliphatic rings. The molecule has 0 unspecified atom stereocenters. The average molecular weight is 269 g/mol. The lowest BCUT2D eigenvalue weighted by Gasteiger charge is -2.08. The van der Waals surface area contributed by atoms with E-state index in [4.69, 9.17) is 5.26 Å². The van der Waals surface area contributed by atoms with Crippen LogP contribution >= 0.6 is 0 Å². The summed E-state index contributed by atoms with van der Waals surface area (Å²) in [6, 6.07) is 7.21. The maximum absolute atomic E-state index is 11.7. The number of rotatable bonds is 4. The van der Waals surface area contributed by atoms with Gasteiger partial charge in [0.25, 0.3) is 10.0 Å². The Balaban J connectivity index is 2.80. The molecule has 0 fully saturated rings. The second-order valence-corrected chi connectivity index (χ2v) is 4.77. The van der Waals surface area contributed by atoms with Crippen molar-refractivity contribution >= 4 is 16.1 Å². The zero-order valence-electron chi connectivity index (χ0n) is 9.50. The highest BCUT2D eigenvalue weighted by Crippen LogP contribution is 2.09. The summed E-state index contributed by atoms with van der Waals surface area (Å²) in [5, 5.41) is 8.66. The van der Waals surface area contributed by atoms with Crippen molar-refractivity contribution in [2.45, 2.75) is 11.8 Å². The van der Waals surface area contributed by atoms with Crippen LogP contribution in [0.4, 0.5) is 4.79 Å². The van der Waals surface area contributed by atoms with Crippen molar-refractivity contribution in [3.05, 3.63) is 29.8 Å².